The lowest BCUT2D eigenvalue weighted by Crippen LogP contribution is -1.94. The largest absolute Gasteiger partial charge is 0.303 e. The first kappa shape index (κ1) is 17.7. The summed E-state index contributed by atoms with van der Waals surface area (Å²) in [4.78, 5) is 19.7. The van der Waals surface area contributed by atoms with Crippen molar-refractivity contribution in [2.24, 2.45) is 11.8 Å². The van der Waals surface area contributed by atoms with Gasteiger partial charge in [-0.05, 0) is 6.42 Å². The van der Waals surface area contributed by atoms with Gasteiger partial charge in [0, 0.05) is 11.8 Å². The molecule has 0 N–H and O–H groups in total. The second-order valence-corrected chi connectivity index (χ2v) is 4.70. The molecule has 0 fully saturated rings. The summed E-state index contributed by atoms with van der Waals surface area (Å²) in [5.41, 5.74) is 0. The van der Waals surface area contributed by atoms with Gasteiger partial charge in [-0.15, -0.1) is 0 Å². The normalized spacial score (nSPS) is 11.6. The Hall–Kier alpha value is -0.660. The van der Waals surface area contributed by atoms with Crippen molar-refractivity contribution in [2.45, 2.75) is 66.2 Å². The summed E-state index contributed by atoms with van der Waals surface area (Å²) in [6.07, 6.45) is 9.54. The molecule has 0 aromatic heterocycles. The molecule has 16 heavy (non-hydrogen) atoms. The average Bonchev–Trinajstić information content (AvgIpc) is 2.29. The van der Waals surface area contributed by atoms with Crippen molar-refractivity contribution in [3.8, 4) is 0 Å². The Bertz CT molecular complexity index is 153. The molecule has 0 spiro atoms. The van der Waals surface area contributed by atoms with Crippen LogP contribution in [0.5, 0.6) is 0 Å². The summed E-state index contributed by atoms with van der Waals surface area (Å²) < 4.78 is 0. The summed E-state index contributed by atoms with van der Waals surface area (Å²) in [7, 11) is 0. The lowest BCUT2D eigenvalue weighted by Gasteiger charge is -2.01. The third-order valence-corrected chi connectivity index (χ3v) is 2.27. The van der Waals surface area contributed by atoms with Gasteiger partial charge in [0.25, 0.3) is 0 Å². The van der Waals surface area contributed by atoms with Gasteiger partial charge in [-0.1, -0.05) is 59.8 Å². The second-order valence-electron chi connectivity index (χ2n) is 4.70. The minimum absolute atomic E-state index is 0.204. The topological polar surface area (TPSA) is 34.1 Å². The third-order valence-electron chi connectivity index (χ3n) is 2.27. The molecule has 0 saturated heterocycles. The Kier molecular flexibility index (Phi) is 15.9. The highest BCUT2D eigenvalue weighted by Gasteiger charge is 1.97. The number of rotatable bonds is 8. The standard InChI is InChI=1S/C10H20O.C4H8O/c1-3-4-5-6-7-8-10(2)9-11;1-4(2)3-5/h9-10H,3-8H2,1-2H3;3-4H,1-2H3. The summed E-state index contributed by atoms with van der Waals surface area (Å²) in [5.74, 6) is 0.478. The van der Waals surface area contributed by atoms with Crippen LogP contribution in [0.4, 0.5) is 0 Å². The zero-order valence-corrected chi connectivity index (χ0v) is 11.4. The molecular weight excluding hydrogens is 200 g/mol. The van der Waals surface area contributed by atoms with Crippen molar-refractivity contribution in [3.05, 3.63) is 0 Å². The van der Waals surface area contributed by atoms with Crippen molar-refractivity contribution in [2.75, 3.05) is 0 Å². The summed E-state index contributed by atoms with van der Waals surface area (Å²) in [5, 5.41) is 0. The van der Waals surface area contributed by atoms with Crippen molar-refractivity contribution in [1.29, 1.82) is 0 Å². The van der Waals surface area contributed by atoms with E-state index in [1.807, 2.05) is 20.8 Å². The van der Waals surface area contributed by atoms with Gasteiger partial charge < -0.3 is 9.59 Å². The molecular formula is C14H28O2. The Morgan fingerprint density at radius 1 is 0.875 bits per heavy atom. The highest BCUT2D eigenvalue weighted by molar-refractivity contribution is 5.52. The molecule has 0 rings (SSSR count). The molecule has 1 unspecified atom stereocenters. The maximum Gasteiger partial charge on any atom is 0.122 e. The molecule has 2 nitrogen and oxygen atoms in total. The molecule has 1 atom stereocenters. The molecule has 0 bridgehead atoms. The molecule has 0 radical (unpaired) electrons. The van der Waals surface area contributed by atoms with Crippen LogP contribution in [0, 0.1) is 11.8 Å². The van der Waals surface area contributed by atoms with Crippen LogP contribution in [0.1, 0.15) is 66.2 Å². The minimum Gasteiger partial charge on any atom is -0.303 e. The maximum absolute atomic E-state index is 10.2. The van der Waals surface area contributed by atoms with E-state index >= 15 is 0 Å². The van der Waals surface area contributed by atoms with E-state index in [0.29, 0.717) is 0 Å². The molecule has 0 aliphatic carbocycles. The average molecular weight is 228 g/mol. The minimum atomic E-state index is 0.204. The van der Waals surface area contributed by atoms with Crippen LogP contribution in [-0.2, 0) is 9.59 Å². The Labute approximate surface area is 101 Å². The molecule has 0 heterocycles. The van der Waals surface area contributed by atoms with Crippen molar-refractivity contribution < 1.29 is 9.59 Å². The van der Waals surface area contributed by atoms with Gasteiger partial charge in [0.15, 0.2) is 0 Å². The predicted molar refractivity (Wildman–Crippen MR) is 69.5 cm³/mol. The highest BCUT2D eigenvalue weighted by Crippen LogP contribution is 2.09. The second kappa shape index (κ2) is 14.3. The number of aldehydes is 2. The molecule has 0 saturated carbocycles. The number of carbonyl (C=O) groups excluding carboxylic acids is 2. The van der Waals surface area contributed by atoms with Crippen molar-refractivity contribution >= 4 is 12.6 Å². The number of unbranched alkanes of at least 4 members (excludes halogenated alkanes) is 4. The zero-order chi connectivity index (χ0) is 12.8. The predicted octanol–water partition coefficient (Wildman–Crippen LogP) is 4.02. The molecule has 0 aliphatic heterocycles. The fourth-order valence-electron chi connectivity index (χ4n) is 1.14. The van der Waals surface area contributed by atoms with Crippen LogP contribution in [0.15, 0.2) is 0 Å². The lowest BCUT2D eigenvalue weighted by molar-refractivity contribution is -0.111. The highest BCUT2D eigenvalue weighted by atomic mass is 16.1. The Balaban J connectivity index is 0. The molecule has 0 amide bonds. The van der Waals surface area contributed by atoms with Crippen LogP contribution in [0.2, 0.25) is 0 Å². The van der Waals surface area contributed by atoms with E-state index in [-0.39, 0.29) is 11.8 Å². The van der Waals surface area contributed by atoms with E-state index < -0.39 is 0 Å². The maximum atomic E-state index is 10.2. The first-order valence-corrected chi connectivity index (χ1v) is 6.49. The smallest absolute Gasteiger partial charge is 0.122 e. The van der Waals surface area contributed by atoms with Crippen molar-refractivity contribution in [1.82, 2.24) is 0 Å². The van der Waals surface area contributed by atoms with E-state index in [9.17, 15) is 9.59 Å². The van der Waals surface area contributed by atoms with Gasteiger partial charge in [-0.2, -0.15) is 0 Å². The molecule has 2 heteroatoms. The van der Waals surface area contributed by atoms with Crippen molar-refractivity contribution in [3.63, 3.8) is 0 Å². The number of carbonyl (C=O) groups is 2. The molecule has 0 aliphatic rings. The molecule has 0 aromatic rings. The first-order valence-electron chi connectivity index (χ1n) is 6.49. The summed E-state index contributed by atoms with van der Waals surface area (Å²) >= 11 is 0. The van der Waals surface area contributed by atoms with Gasteiger partial charge in [-0.25, -0.2) is 0 Å². The Morgan fingerprint density at radius 2 is 1.38 bits per heavy atom. The van der Waals surface area contributed by atoms with E-state index in [4.69, 9.17) is 0 Å². The van der Waals surface area contributed by atoms with Gasteiger partial charge >= 0.3 is 0 Å². The monoisotopic (exact) mass is 228 g/mol. The first-order chi connectivity index (χ1) is 7.58. The van der Waals surface area contributed by atoms with Crippen LogP contribution in [0.3, 0.4) is 0 Å². The Morgan fingerprint density at radius 3 is 1.75 bits per heavy atom. The molecule has 0 aromatic carbocycles. The van der Waals surface area contributed by atoms with Gasteiger partial charge in [0.05, 0.1) is 0 Å². The van der Waals surface area contributed by atoms with Gasteiger partial charge in [-0.3, -0.25) is 0 Å². The number of hydrogen-bond donors (Lipinski definition) is 0. The van der Waals surface area contributed by atoms with E-state index in [1.54, 1.807) is 0 Å². The van der Waals surface area contributed by atoms with E-state index in [0.717, 1.165) is 19.0 Å². The zero-order valence-electron chi connectivity index (χ0n) is 11.4. The fraction of sp³-hybridized carbons (Fsp3) is 0.857. The number of hydrogen-bond acceptors (Lipinski definition) is 2. The molecule has 96 valence electrons. The van der Waals surface area contributed by atoms with Crippen LogP contribution in [0.25, 0.3) is 0 Å². The van der Waals surface area contributed by atoms with E-state index in [1.165, 1.54) is 32.1 Å². The van der Waals surface area contributed by atoms with E-state index in [2.05, 4.69) is 6.92 Å². The van der Waals surface area contributed by atoms with Crippen LogP contribution in [-0.4, -0.2) is 12.6 Å². The fourth-order valence-corrected chi connectivity index (χ4v) is 1.14. The van der Waals surface area contributed by atoms with Crippen LogP contribution < -0.4 is 0 Å². The SMILES string of the molecule is CC(C)C=O.CCCCCCCC(C)C=O. The lowest BCUT2D eigenvalue weighted by atomic mass is 10.0. The van der Waals surface area contributed by atoms with Crippen LogP contribution >= 0.6 is 0 Å². The quantitative estimate of drug-likeness (QED) is 0.464. The summed E-state index contributed by atoms with van der Waals surface area (Å²) in [6.45, 7) is 7.92. The van der Waals surface area contributed by atoms with Gasteiger partial charge in [0.2, 0.25) is 0 Å². The third kappa shape index (κ3) is 19.0. The summed E-state index contributed by atoms with van der Waals surface area (Å²) in [6, 6.07) is 0. The van der Waals surface area contributed by atoms with Gasteiger partial charge in [0.1, 0.15) is 12.6 Å².